The Morgan fingerprint density at radius 1 is 1.47 bits per heavy atom. The van der Waals surface area contributed by atoms with E-state index in [4.69, 9.17) is 0 Å². The molecule has 1 atom stereocenters. The van der Waals surface area contributed by atoms with Gasteiger partial charge in [0.25, 0.3) is 0 Å². The predicted molar refractivity (Wildman–Crippen MR) is 71.8 cm³/mol. The van der Waals surface area contributed by atoms with Crippen molar-refractivity contribution in [3.05, 3.63) is 12.2 Å². The molecule has 0 radical (unpaired) electrons. The van der Waals surface area contributed by atoms with Crippen LogP contribution < -0.4 is 0 Å². The number of nitrogens with zero attached hydrogens (tertiary/aromatic N) is 2. The Bertz CT molecular complexity index is 271. The number of carbonyl (C=O) groups is 1. The first kappa shape index (κ1) is 14.2. The monoisotopic (exact) mass is 238 g/mol. The number of hydrogen-bond acceptors (Lipinski definition) is 2. The molecule has 1 amide bonds. The van der Waals surface area contributed by atoms with E-state index < -0.39 is 0 Å². The van der Waals surface area contributed by atoms with E-state index in [1.54, 1.807) is 6.08 Å². The summed E-state index contributed by atoms with van der Waals surface area (Å²) in [7, 11) is 4.01. The highest BCUT2D eigenvalue weighted by Crippen LogP contribution is 2.23. The molecule has 17 heavy (non-hydrogen) atoms. The van der Waals surface area contributed by atoms with Crippen LogP contribution in [0.1, 0.15) is 26.7 Å². The summed E-state index contributed by atoms with van der Waals surface area (Å²) in [4.78, 5) is 16.0. The molecule has 1 aliphatic rings. The third-order valence-electron chi connectivity index (χ3n) is 3.44. The number of likely N-dealkylation sites (N-methyl/N-ethyl adjacent to an activating group) is 1. The molecule has 1 saturated heterocycles. The molecule has 1 fully saturated rings. The minimum atomic E-state index is 0.178. The number of piperidine rings is 1. The van der Waals surface area contributed by atoms with Gasteiger partial charge in [-0.05, 0) is 38.8 Å². The van der Waals surface area contributed by atoms with Crippen molar-refractivity contribution in [2.45, 2.75) is 26.7 Å². The van der Waals surface area contributed by atoms with Gasteiger partial charge in [0, 0.05) is 25.7 Å². The Morgan fingerprint density at radius 2 is 2.18 bits per heavy atom. The van der Waals surface area contributed by atoms with E-state index in [1.807, 2.05) is 25.1 Å². The lowest BCUT2D eigenvalue weighted by Crippen LogP contribution is -2.40. The van der Waals surface area contributed by atoms with Crippen molar-refractivity contribution in [1.29, 1.82) is 0 Å². The largest absolute Gasteiger partial charge is 0.339 e. The maximum Gasteiger partial charge on any atom is 0.246 e. The van der Waals surface area contributed by atoms with Crippen LogP contribution in [0.15, 0.2) is 12.2 Å². The third-order valence-corrected chi connectivity index (χ3v) is 3.44. The van der Waals surface area contributed by atoms with Crippen molar-refractivity contribution in [1.82, 2.24) is 9.80 Å². The number of rotatable bonds is 4. The fraction of sp³-hybridized carbons (Fsp3) is 0.786. The normalized spacial score (nSPS) is 21.8. The molecule has 1 heterocycles. The quantitative estimate of drug-likeness (QED) is 0.699. The first-order valence-corrected chi connectivity index (χ1v) is 6.61. The topological polar surface area (TPSA) is 23.6 Å². The van der Waals surface area contributed by atoms with E-state index in [9.17, 15) is 4.79 Å². The lowest BCUT2D eigenvalue weighted by Gasteiger charge is -2.34. The van der Waals surface area contributed by atoms with Crippen LogP contribution >= 0.6 is 0 Å². The van der Waals surface area contributed by atoms with Crippen molar-refractivity contribution in [3.8, 4) is 0 Å². The lowest BCUT2D eigenvalue weighted by atomic mass is 9.88. The summed E-state index contributed by atoms with van der Waals surface area (Å²) in [5, 5.41) is 0. The molecule has 0 spiro atoms. The maximum atomic E-state index is 12.0. The van der Waals surface area contributed by atoms with E-state index in [-0.39, 0.29) is 5.91 Å². The Morgan fingerprint density at radius 3 is 2.76 bits per heavy atom. The van der Waals surface area contributed by atoms with Crippen LogP contribution in [-0.4, -0.2) is 49.4 Å². The summed E-state index contributed by atoms with van der Waals surface area (Å²) in [6.45, 7) is 7.19. The van der Waals surface area contributed by atoms with Crippen LogP contribution in [0.4, 0.5) is 0 Å². The fourth-order valence-corrected chi connectivity index (χ4v) is 2.22. The summed E-state index contributed by atoms with van der Waals surface area (Å²) >= 11 is 0. The Balaban J connectivity index is 2.43. The second-order valence-corrected chi connectivity index (χ2v) is 5.60. The molecule has 3 nitrogen and oxygen atoms in total. The zero-order chi connectivity index (χ0) is 12.8. The van der Waals surface area contributed by atoms with Crippen molar-refractivity contribution >= 4 is 5.91 Å². The zero-order valence-electron chi connectivity index (χ0n) is 11.6. The van der Waals surface area contributed by atoms with Crippen molar-refractivity contribution < 1.29 is 4.79 Å². The summed E-state index contributed by atoms with van der Waals surface area (Å²) in [5.74, 6) is 1.53. The van der Waals surface area contributed by atoms with E-state index in [1.165, 1.54) is 6.42 Å². The molecule has 3 heteroatoms. The van der Waals surface area contributed by atoms with Gasteiger partial charge >= 0.3 is 0 Å². The molecule has 0 aliphatic carbocycles. The van der Waals surface area contributed by atoms with Crippen LogP contribution in [0.5, 0.6) is 0 Å². The van der Waals surface area contributed by atoms with Crippen LogP contribution in [0.25, 0.3) is 0 Å². The van der Waals surface area contributed by atoms with Crippen molar-refractivity contribution in [2.24, 2.45) is 11.8 Å². The smallest absolute Gasteiger partial charge is 0.246 e. The van der Waals surface area contributed by atoms with Gasteiger partial charge < -0.3 is 9.80 Å². The van der Waals surface area contributed by atoms with Gasteiger partial charge in [-0.2, -0.15) is 0 Å². The average Bonchev–Trinajstić information content (AvgIpc) is 2.28. The third kappa shape index (κ3) is 4.90. The van der Waals surface area contributed by atoms with Gasteiger partial charge in [-0.1, -0.05) is 19.9 Å². The zero-order valence-corrected chi connectivity index (χ0v) is 11.6. The fourth-order valence-electron chi connectivity index (χ4n) is 2.22. The molecule has 1 unspecified atom stereocenters. The number of hydrogen-bond donors (Lipinski definition) is 0. The van der Waals surface area contributed by atoms with Crippen LogP contribution in [0.3, 0.4) is 0 Å². The van der Waals surface area contributed by atoms with Gasteiger partial charge in [0.2, 0.25) is 5.91 Å². The van der Waals surface area contributed by atoms with Gasteiger partial charge in [-0.15, -0.1) is 0 Å². The molecule has 0 saturated carbocycles. The number of likely N-dealkylation sites (tertiary alicyclic amines) is 1. The number of amides is 1. The highest BCUT2D eigenvalue weighted by molar-refractivity contribution is 5.87. The van der Waals surface area contributed by atoms with Gasteiger partial charge in [0.1, 0.15) is 0 Å². The average molecular weight is 238 g/mol. The summed E-state index contributed by atoms with van der Waals surface area (Å²) < 4.78 is 0. The SMILES string of the molecule is CC(C)C1CCCN(C(=O)/C=C/CN(C)C)C1. The van der Waals surface area contributed by atoms with E-state index >= 15 is 0 Å². The minimum Gasteiger partial charge on any atom is -0.339 e. The molecular weight excluding hydrogens is 212 g/mol. The standard InChI is InChI=1S/C14H26N2O/c1-12(2)13-7-5-10-16(11-13)14(17)8-6-9-15(3)4/h6,8,12-13H,5,7,9-11H2,1-4H3/b8-6+. The van der Waals surface area contributed by atoms with E-state index in [0.717, 1.165) is 26.1 Å². The lowest BCUT2D eigenvalue weighted by molar-refractivity contribution is -0.128. The summed E-state index contributed by atoms with van der Waals surface area (Å²) in [5.41, 5.74) is 0. The van der Waals surface area contributed by atoms with E-state index in [2.05, 4.69) is 18.7 Å². The van der Waals surface area contributed by atoms with Gasteiger partial charge in [0.05, 0.1) is 0 Å². The molecule has 0 bridgehead atoms. The Kier molecular flexibility index (Phi) is 5.69. The number of carbonyl (C=O) groups excluding carboxylic acids is 1. The van der Waals surface area contributed by atoms with Gasteiger partial charge in [-0.25, -0.2) is 0 Å². The molecule has 1 aliphatic heterocycles. The highest BCUT2D eigenvalue weighted by Gasteiger charge is 2.24. The molecule has 0 aromatic heterocycles. The van der Waals surface area contributed by atoms with Gasteiger partial charge in [0.15, 0.2) is 0 Å². The first-order chi connectivity index (χ1) is 8.00. The summed E-state index contributed by atoms with van der Waals surface area (Å²) in [6.07, 6.45) is 6.09. The maximum absolute atomic E-state index is 12.0. The van der Waals surface area contributed by atoms with Gasteiger partial charge in [-0.3, -0.25) is 4.79 Å². The molecule has 0 N–H and O–H groups in total. The molecular formula is C14H26N2O. The van der Waals surface area contributed by atoms with E-state index in [0.29, 0.717) is 11.8 Å². The Labute approximate surface area is 105 Å². The summed E-state index contributed by atoms with van der Waals surface area (Å²) in [6, 6.07) is 0. The van der Waals surface area contributed by atoms with Crippen molar-refractivity contribution in [3.63, 3.8) is 0 Å². The second-order valence-electron chi connectivity index (χ2n) is 5.60. The van der Waals surface area contributed by atoms with Crippen molar-refractivity contribution in [2.75, 3.05) is 33.7 Å². The van der Waals surface area contributed by atoms with Crippen LogP contribution in [-0.2, 0) is 4.79 Å². The predicted octanol–water partition coefficient (Wildman–Crippen LogP) is 2.00. The second kappa shape index (κ2) is 6.80. The molecule has 1 rings (SSSR count). The molecule has 0 aromatic carbocycles. The Hall–Kier alpha value is -0.830. The first-order valence-electron chi connectivity index (χ1n) is 6.61. The minimum absolute atomic E-state index is 0.178. The van der Waals surface area contributed by atoms with Crippen LogP contribution in [0, 0.1) is 11.8 Å². The molecule has 0 aromatic rings. The molecule has 98 valence electrons. The van der Waals surface area contributed by atoms with Crippen LogP contribution in [0.2, 0.25) is 0 Å². The highest BCUT2D eigenvalue weighted by atomic mass is 16.2.